The van der Waals surface area contributed by atoms with Crippen LogP contribution in [0, 0.1) is 0 Å². The van der Waals surface area contributed by atoms with Gasteiger partial charge in [-0.2, -0.15) is 0 Å². The quantitative estimate of drug-likeness (QED) is 0.410. The van der Waals surface area contributed by atoms with Gasteiger partial charge in [-0.05, 0) is 54.8 Å². The SMILES string of the molecule is CCCCOc1ccc(-c2nnc(CCC(=O)NCCc3ccc(OC)cc3)c(=O)[nH]2)cc1. The van der Waals surface area contributed by atoms with Gasteiger partial charge in [0.05, 0.1) is 13.7 Å². The zero-order chi connectivity index (χ0) is 23.5. The molecule has 33 heavy (non-hydrogen) atoms. The number of aromatic amines is 1. The van der Waals surface area contributed by atoms with Crippen molar-refractivity contribution in [2.75, 3.05) is 20.3 Å². The first kappa shape index (κ1) is 24.0. The zero-order valence-electron chi connectivity index (χ0n) is 19.1. The minimum absolute atomic E-state index is 0.132. The highest BCUT2D eigenvalue weighted by atomic mass is 16.5. The Bertz CT molecular complexity index is 1080. The highest BCUT2D eigenvalue weighted by Gasteiger charge is 2.10. The minimum Gasteiger partial charge on any atom is -0.497 e. The van der Waals surface area contributed by atoms with Crippen molar-refractivity contribution < 1.29 is 14.3 Å². The number of H-pyrrole nitrogens is 1. The van der Waals surface area contributed by atoms with Crippen molar-refractivity contribution >= 4 is 5.91 Å². The van der Waals surface area contributed by atoms with Gasteiger partial charge in [0.25, 0.3) is 5.56 Å². The molecule has 0 atom stereocenters. The Morgan fingerprint density at radius 1 is 1.00 bits per heavy atom. The topological polar surface area (TPSA) is 106 Å². The molecule has 2 N–H and O–H groups in total. The number of ether oxygens (including phenoxy) is 2. The van der Waals surface area contributed by atoms with Gasteiger partial charge in [0, 0.05) is 24.9 Å². The molecule has 0 saturated carbocycles. The van der Waals surface area contributed by atoms with Gasteiger partial charge in [-0.15, -0.1) is 10.2 Å². The lowest BCUT2D eigenvalue weighted by Crippen LogP contribution is -2.27. The monoisotopic (exact) mass is 450 g/mol. The van der Waals surface area contributed by atoms with E-state index in [4.69, 9.17) is 9.47 Å². The number of rotatable bonds is 12. The first-order valence-electron chi connectivity index (χ1n) is 11.2. The first-order chi connectivity index (χ1) is 16.1. The van der Waals surface area contributed by atoms with Crippen molar-refractivity contribution in [3.8, 4) is 22.9 Å². The number of benzene rings is 2. The summed E-state index contributed by atoms with van der Waals surface area (Å²) < 4.78 is 10.8. The van der Waals surface area contributed by atoms with Crippen molar-refractivity contribution in [3.05, 3.63) is 70.1 Å². The van der Waals surface area contributed by atoms with E-state index in [1.807, 2.05) is 48.5 Å². The summed E-state index contributed by atoms with van der Waals surface area (Å²) in [5, 5.41) is 11.0. The van der Waals surface area contributed by atoms with Gasteiger partial charge in [-0.3, -0.25) is 9.59 Å². The van der Waals surface area contributed by atoms with E-state index in [9.17, 15) is 9.59 Å². The van der Waals surface area contributed by atoms with Crippen molar-refractivity contribution in [2.45, 2.75) is 39.0 Å². The first-order valence-corrected chi connectivity index (χ1v) is 11.2. The molecule has 0 aliphatic heterocycles. The molecule has 3 aromatic rings. The number of hydrogen-bond donors (Lipinski definition) is 2. The van der Waals surface area contributed by atoms with Crippen LogP contribution in [-0.4, -0.2) is 41.3 Å². The molecule has 0 unspecified atom stereocenters. The van der Waals surface area contributed by atoms with Crippen LogP contribution in [0.3, 0.4) is 0 Å². The predicted molar refractivity (Wildman–Crippen MR) is 127 cm³/mol. The Kier molecular flexibility index (Phi) is 8.99. The molecule has 174 valence electrons. The third-order valence-electron chi connectivity index (χ3n) is 5.14. The van der Waals surface area contributed by atoms with Crippen molar-refractivity contribution in [1.29, 1.82) is 0 Å². The Morgan fingerprint density at radius 2 is 1.73 bits per heavy atom. The summed E-state index contributed by atoms with van der Waals surface area (Å²) in [6.07, 6.45) is 3.19. The van der Waals surface area contributed by atoms with Crippen molar-refractivity contribution in [2.24, 2.45) is 0 Å². The molecule has 8 heteroatoms. The number of methoxy groups -OCH3 is 1. The summed E-state index contributed by atoms with van der Waals surface area (Å²) in [6.45, 7) is 3.31. The van der Waals surface area contributed by atoms with E-state index in [-0.39, 0.29) is 30.0 Å². The molecule has 3 rings (SSSR count). The Labute approximate surface area is 193 Å². The fourth-order valence-electron chi connectivity index (χ4n) is 3.16. The highest BCUT2D eigenvalue weighted by molar-refractivity contribution is 5.76. The number of hydrogen-bond acceptors (Lipinski definition) is 6. The van der Waals surface area contributed by atoms with E-state index < -0.39 is 0 Å². The largest absolute Gasteiger partial charge is 0.497 e. The molecule has 0 radical (unpaired) electrons. The number of aromatic nitrogens is 3. The van der Waals surface area contributed by atoms with Gasteiger partial charge in [-0.25, -0.2) is 0 Å². The number of carbonyl (C=O) groups is 1. The Balaban J connectivity index is 1.46. The van der Waals surface area contributed by atoms with Gasteiger partial charge in [0.1, 0.15) is 17.2 Å². The van der Waals surface area contributed by atoms with Crippen LogP contribution in [0.4, 0.5) is 0 Å². The summed E-state index contributed by atoms with van der Waals surface area (Å²) >= 11 is 0. The van der Waals surface area contributed by atoms with Gasteiger partial charge in [0.15, 0.2) is 5.82 Å². The maximum absolute atomic E-state index is 12.4. The van der Waals surface area contributed by atoms with Crippen LogP contribution in [-0.2, 0) is 17.6 Å². The number of unbranched alkanes of at least 4 members (excludes halogenated alkanes) is 1. The molecule has 0 aliphatic carbocycles. The average molecular weight is 451 g/mol. The van der Waals surface area contributed by atoms with E-state index in [0.29, 0.717) is 25.4 Å². The highest BCUT2D eigenvalue weighted by Crippen LogP contribution is 2.18. The van der Waals surface area contributed by atoms with Crippen LogP contribution in [0.5, 0.6) is 11.5 Å². The molecule has 0 fully saturated rings. The van der Waals surface area contributed by atoms with E-state index >= 15 is 0 Å². The number of nitrogens with one attached hydrogen (secondary N) is 2. The molecule has 1 amide bonds. The van der Waals surface area contributed by atoms with E-state index in [1.54, 1.807) is 7.11 Å². The average Bonchev–Trinajstić information content (AvgIpc) is 2.84. The second kappa shape index (κ2) is 12.4. The molecular formula is C25H30N4O4. The lowest BCUT2D eigenvalue weighted by molar-refractivity contribution is -0.121. The molecule has 0 saturated heterocycles. The van der Waals surface area contributed by atoms with Crippen molar-refractivity contribution in [1.82, 2.24) is 20.5 Å². The summed E-state index contributed by atoms with van der Waals surface area (Å²) in [7, 11) is 1.63. The van der Waals surface area contributed by atoms with Crippen LogP contribution in [0.15, 0.2) is 53.3 Å². The Morgan fingerprint density at radius 3 is 2.39 bits per heavy atom. The van der Waals surface area contributed by atoms with Gasteiger partial charge in [-0.1, -0.05) is 25.5 Å². The molecule has 8 nitrogen and oxygen atoms in total. The van der Waals surface area contributed by atoms with Crippen LogP contribution in [0.25, 0.3) is 11.4 Å². The van der Waals surface area contributed by atoms with E-state index in [0.717, 1.165) is 35.5 Å². The molecule has 0 bridgehead atoms. The third-order valence-corrected chi connectivity index (χ3v) is 5.14. The lowest BCUT2D eigenvalue weighted by Gasteiger charge is -2.07. The lowest BCUT2D eigenvalue weighted by atomic mass is 10.1. The normalized spacial score (nSPS) is 10.6. The number of amides is 1. The summed E-state index contributed by atoms with van der Waals surface area (Å²) in [4.78, 5) is 27.3. The van der Waals surface area contributed by atoms with Crippen LogP contribution >= 0.6 is 0 Å². The molecule has 2 aromatic carbocycles. The number of carbonyl (C=O) groups excluding carboxylic acids is 1. The second-order valence-electron chi connectivity index (χ2n) is 7.62. The number of nitrogens with zero attached hydrogens (tertiary/aromatic N) is 2. The second-order valence-corrected chi connectivity index (χ2v) is 7.62. The maximum Gasteiger partial charge on any atom is 0.273 e. The van der Waals surface area contributed by atoms with Crippen LogP contribution < -0.4 is 20.3 Å². The van der Waals surface area contributed by atoms with Gasteiger partial charge >= 0.3 is 0 Å². The molecule has 1 heterocycles. The molecule has 1 aromatic heterocycles. The predicted octanol–water partition coefficient (Wildman–Crippen LogP) is 3.31. The fourth-order valence-corrected chi connectivity index (χ4v) is 3.16. The summed E-state index contributed by atoms with van der Waals surface area (Å²) in [5.41, 5.74) is 1.75. The smallest absolute Gasteiger partial charge is 0.273 e. The van der Waals surface area contributed by atoms with E-state index in [1.165, 1.54) is 0 Å². The van der Waals surface area contributed by atoms with Gasteiger partial charge < -0.3 is 19.8 Å². The standard InChI is InChI=1S/C25H30N4O4/c1-3-4-17-33-21-11-7-19(8-12-21)24-27-25(31)22(28-29-24)13-14-23(30)26-16-15-18-5-9-20(32-2)10-6-18/h5-12H,3-4,13-17H2,1-2H3,(H,26,30)(H,27,29,31). The third kappa shape index (κ3) is 7.45. The Hall–Kier alpha value is -3.68. The van der Waals surface area contributed by atoms with Crippen LogP contribution in [0.2, 0.25) is 0 Å². The van der Waals surface area contributed by atoms with E-state index in [2.05, 4.69) is 27.4 Å². The molecule has 0 spiro atoms. The van der Waals surface area contributed by atoms with Crippen LogP contribution in [0.1, 0.15) is 37.4 Å². The fraction of sp³-hybridized carbons (Fsp3) is 0.360. The summed E-state index contributed by atoms with van der Waals surface area (Å²) in [6, 6.07) is 15.1. The summed E-state index contributed by atoms with van der Waals surface area (Å²) in [5.74, 6) is 1.82. The van der Waals surface area contributed by atoms with Gasteiger partial charge in [0.2, 0.25) is 5.91 Å². The zero-order valence-corrected chi connectivity index (χ0v) is 19.1. The molecule has 0 aliphatic rings. The maximum atomic E-state index is 12.4. The number of aryl methyl sites for hydroxylation is 1. The minimum atomic E-state index is -0.339. The molecular weight excluding hydrogens is 420 g/mol. The van der Waals surface area contributed by atoms with Crippen molar-refractivity contribution in [3.63, 3.8) is 0 Å².